The van der Waals surface area contributed by atoms with Gasteiger partial charge in [0.1, 0.15) is 17.1 Å². The molecule has 3 rings (SSSR count). The third-order valence-corrected chi connectivity index (χ3v) is 3.64. The molecule has 0 radical (unpaired) electrons. The van der Waals surface area contributed by atoms with E-state index in [1.165, 1.54) is 0 Å². The average Bonchev–Trinajstić information content (AvgIpc) is 2.75. The number of carbonyl (C=O) groups is 1. The first-order valence-electron chi connectivity index (χ1n) is 5.75. The number of aromatic nitrogens is 3. The highest BCUT2D eigenvalue weighted by Crippen LogP contribution is 2.31. The number of imidazole rings is 1. The van der Waals surface area contributed by atoms with E-state index in [9.17, 15) is 4.79 Å². The number of hydrogen-bond acceptors (Lipinski definition) is 3. The summed E-state index contributed by atoms with van der Waals surface area (Å²) in [6.45, 7) is 0. The van der Waals surface area contributed by atoms with Crippen LogP contribution in [-0.4, -0.2) is 20.2 Å². The molecular formula is C12H12ClN3O. The first-order chi connectivity index (χ1) is 8.25. The Morgan fingerprint density at radius 3 is 2.82 bits per heavy atom. The van der Waals surface area contributed by atoms with Crippen LogP contribution in [0.2, 0.25) is 5.15 Å². The summed E-state index contributed by atoms with van der Waals surface area (Å²) in [6, 6.07) is 0. The van der Waals surface area contributed by atoms with E-state index in [0.29, 0.717) is 29.7 Å². The molecule has 1 aliphatic rings. The van der Waals surface area contributed by atoms with Crippen LogP contribution in [0.25, 0.3) is 5.52 Å². The SMILES string of the molecule is O=C1CCC(c2ncc3c(Cl)nccn23)CC1. The molecule has 0 saturated heterocycles. The Morgan fingerprint density at radius 2 is 2.06 bits per heavy atom. The van der Waals surface area contributed by atoms with Gasteiger partial charge >= 0.3 is 0 Å². The molecule has 1 aliphatic carbocycles. The summed E-state index contributed by atoms with van der Waals surface area (Å²) in [5, 5.41) is 0.470. The number of rotatable bonds is 1. The monoisotopic (exact) mass is 249 g/mol. The Hall–Kier alpha value is -1.42. The van der Waals surface area contributed by atoms with Gasteiger partial charge in [-0.3, -0.25) is 9.20 Å². The third-order valence-electron chi connectivity index (χ3n) is 3.35. The smallest absolute Gasteiger partial charge is 0.154 e. The molecule has 88 valence electrons. The van der Waals surface area contributed by atoms with Crippen molar-refractivity contribution in [3.05, 3.63) is 29.6 Å². The van der Waals surface area contributed by atoms with Crippen LogP contribution in [0.3, 0.4) is 0 Å². The summed E-state index contributed by atoms with van der Waals surface area (Å²) in [5.41, 5.74) is 0.834. The predicted octanol–water partition coefficient (Wildman–Crippen LogP) is 2.61. The van der Waals surface area contributed by atoms with Crippen LogP contribution in [0.15, 0.2) is 18.6 Å². The fourth-order valence-corrected chi connectivity index (χ4v) is 2.61. The number of ketones is 1. The highest BCUT2D eigenvalue weighted by atomic mass is 35.5. The fourth-order valence-electron chi connectivity index (χ4n) is 2.42. The maximum atomic E-state index is 11.2. The van der Waals surface area contributed by atoms with Crippen molar-refractivity contribution in [2.24, 2.45) is 0 Å². The maximum absolute atomic E-state index is 11.2. The Kier molecular flexibility index (Phi) is 2.59. The first-order valence-corrected chi connectivity index (χ1v) is 6.12. The molecule has 0 unspecified atom stereocenters. The number of nitrogens with zero attached hydrogens (tertiary/aromatic N) is 3. The molecule has 0 spiro atoms. The van der Waals surface area contributed by atoms with Crippen molar-refractivity contribution < 1.29 is 4.79 Å². The van der Waals surface area contributed by atoms with Gasteiger partial charge in [0.05, 0.1) is 6.20 Å². The molecule has 0 atom stereocenters. The Labute approximate surface area is 104 Å². The lowest BCUT2D eigenvalue weighted by Gasteiger charge is -2.19. The minimum atomic E-state index is 0.355. The van der Waals surface area contributed by atoms with E-state index in [0.717, 1.165) is 24.2 Å². The normalized spacial score (nSPS) is 17.8. The highest BCUT2D eigenvalue weighted by Gasteiger charge is 2.23. The highest BCUT2D eigenvalue weighted by molar-refractivity contribution is 6.32. The van der Waals surface area contributed by atoms with E-state index < -0.39 is 0 Å². The summed E-state index contributed by atoms with van der Waals surface area (Å²) >= 11 is 6.01. The molecule has 4 nitrogen and oxygen atoms in total. The van der Waals surface area contributed by atoms with Gasteiger partial charge in [0.25, 0.3) is 0 Å². The second-order valence-electron chi connectivity index (χ2n) is 4.40. The third kappa shape index (κ3) is 1.82. The van der Waals surface area contributed by atoms with Crippen molar-refractivity contribution in [2.45, 2.75) is 31.6 Å². The predicted molar refractivity (Wildman–Crippen MR) is 64.2 cm³/mol. The Morgan fingerprint density at radius 1 is 1.29 bits per heavy atom. The molecule has 1 saturated carbocycles. The van der Waals surface area contributed by atoms with Gasteiger partial charge in [-0.15, -0.1) is 0 Å². The van der Waals surface area contributed by atoms with Crippen molar-refractivity contribution in [3.8, 4) is 0 Å². The lowest BCUT2D eigenvalue weighted by molar-refractivity contribution is -0.120. The lowest BCUT2D eigenvalue weighted by Crippen LogP contribution is -2.14. The zero-order valence-electron chi connectivity index (χ0n) is 9.27. The topological polar surface area (TPSA) is 47.3 Å². The average molecular weight is 250 g/mol. The van der Waals surface area contributed by atoms with Crippen molar-refractivity contribution in [2.75, 3.05) is 0 Å². The van der Waals surface area contributed by atoms with Gasteiger partial charge in [0.15, 0.2) is 5.15 Å². The second-order valence-corrected chi connectivity index (χ2v) is 4.76. The van der Waals surface area contributed by atoms with Gasteiger partial charge in [0.2, 0.25) is 0 Å². The maximum Gasteiger partial charge on any atom is 0.154 e. The lowest BCUT2D eigenvalue weighted by atomic mass is 9.88. The zero-order chi connectivity index (χ0) is 11.8. The van der Waals surface area contributed by atoms with Crippen LogP contribution in [-0.2, 0) is 4.79 Å². The van der Waals surface area contributed by atoms with Crippen molar-refractivity contribution in [1.82, 2.24) is 14.4 Å². The van der Waals surface area contributed by atoms with Gasteiger partial charge in [-0.1, -0.05) is 11.6 Å². The van der Waals surface area contributed by atoms with Gasteiger partial charge in [-0.25, -0.2) is 9.97 Å². The molecule has 0 bridgehead atoms. The minimum absolute atomic E-state index is 0.355. The number of Topliss-reactive ketones (excluding diaryl/α,β-unsaturated/α-hetero) is 1. The van der Waals surface area contributed by atoms with Gasteiger partial charge < -0.3 is 0 Å². The summed E-state index contributed by atoms with van der Waals surface area (Å²) in [5.74, 6) is 1.72. The molecule has 5 heteroatoms. The summed E-state index contributed by atoms with van der Waals surface area (Å²) < 4.78 is 1.98. The van der Waals surface area contributed by atoms with E-state index in [1.54, 1.807) is 12.4 Å². The second kappa shape index (κ2) is 4.11. The molecular weight excluding hydrogens is 238 g/mol. The van der Waals surface area contributed by atoms with Crippen LogP contribution in [0.1, 0.15) is 37.4 Å². The molecule has 0 aromatic carbocycles. The van der Waals surface area contributed by atoms with Gasteiger partial charge in [-0.05, 0) is 12.8 Å². The molecule has 0 aliphatic heterocycles. The number of carbonyl (C=O) groups excluding carboxylic acids is 1. The largest absolute Gasteiger partial charge is 0.300 e. The Balaban J connectivity index is 2.01. The van der Waals surface area contributed by atoms with Gasteiger partial charge in [-0.2, -0.15) is 0 Å². The van der Waals surface area contributed by atoms with Crippen LogP contribution in [0, 0.1) is 0 Å². The summed E-state index contributed by atoms with van der Waals surface area (Å²) in [4.78, 5) is 19.7. The van der Waals surface area contributed by atoms with Crippen molar-refractivity contribution in [1.29, 1.82) is 0 Å². The molecule has 0 N–H and O–H groups in total. The fraction of sp³-hybridized carbons (Fsp3) is 0.417. The number of halogens is 1. The van der Waals surface area contributed by atoms with Crippen LogP contribution >= 0.6 is 11.6 Å². The molecule has 1 fully saturated rings. The van der Waals surface area contributed by atoms with Crippen LogP contribution < -0.4 is 0 Å². The molecule has 17 heavy (non-hydrogen) atoms. The quantitative estimate of drug-likeness (QED) is 0.781. The molecule has 2 aromatic heterocycles. The number of fused-ring (bicyclic) bond motifs is 1. The molecule has 2 heterocycles. The van der Waals surface area contributed by atoms with E-state index in [4.69, 9.17) is 11.6 Å². The summed E-state index contributed by atoms with van der Waals surface area (Å²) in [7, 11) is 0. The van der Waals surface area contributed by atoms with E-state index in [2.05, 4.69) is 9.97 Å². The van der Waals surface area contributed by atoms with E-state index in [-0.39, 0.29) is 0 Å². The van der Waals surface area contributed by atoms with Crippen LogP contribution in [0.4, 0.5) is 0 Å². The van der Waals surface area contributed by atoms with E-state index in [1.807, 2.05) is 10.6 Å². The molecule has 2 aromatic rings. The van der Waals surface area contributed by atoms with Crippen molar-refractivity contribution >= 4 is 22.9 Å². The van der Waals surface area contributed by atoms with Crippen molar-refractivity contribution in [3.63, 3.8) is 0 Å². The Bertz CT molecular complexity index is 568. The first kappa shape index (κ1) is 10.7. The molecule has 0 amide bonds. The van der Waals surface area contributed by atoms with Crippen LogP contribution in [0.5, 0.6) is 0 Å². The number of hydrogen-bond donors (Lipinski definition) is 0. The summed E-state index contributed by atoms with van der Waals surface area (Å²) in [6.07, 6.45) is 8.40. The standard InChI is InChI=1S/C12H12ClN3O/c13-11-10-7-15-12(16(10)6-5-14-11)8-1-3-9(17)4-2-8/h5-8H,1-4H2. The van der Waals surface area contributed by atoms with Gasteiger partial charge in [0, 0.05) is 31.2 Å². The minimum Gasteiger partial charge on any atom is -0.300 e. The van der Waals surface area contributed by atoms with E-state index >= 15 is 0 Å². The zero-order valence-corrected chi connectivity index (χ0v) is 10.0.